The highest BCUT2D eigenvalue weighted by atomic mass is 16.4. The van der Waals surface area contributed by atoms with E-state index >= 15 is 0 Å². The van der Waals surface area contributed by atoms with Crippen LogP contribution >= 0.6 is 0 Å². The van der Waals surface area contributed by atoms with Crippen molar-refractivity contribution >= 4 is 11.9 Å². The molecule has 9 nitrogen and oxygen atoms in total. The minimum atomic E-state index is -1.27. The van der Waals surface area contributed by atoms with Gasteiger partial charge in [-0.05, 0) is 12.1 Å². The number of nitrogens with one attached hydrogen (secondary N) is 3. The Bertz CT molecular complexity index is 676. The molecule has 0 fully saturated rings. The zero-order valence-corrected chi connectivity index (χ0v) is 8.80. The summed E-state index contributed by atoms with van der Waals surface area (Å²) < 4.78 is 0. The molecule has 2 heterocycles. The van der Waals surface area contributed by atoms with E-state index in [1.165, 1.54) is 18.2 Å². The molecule has 9 heteroatoms. The molecule has 0 bridgehead atoms. The van der Waals surface area contributed by atoms with Crippen LogP contribution < -0.4 is 16.7 Å². The van der Waals surface area contributed by atoms with Gasteiger partial charge in [0, 0.05) is 0 Å². The Hall–Kier alpha value is -2.97. The third-order valence-electron chi connectivity index (χ3n) is 1.89. The summed E-state index contributed by atoms with van der Waals surface area (Å²) in [4.78, 5) is 44.1. The van der Waals surface area contributed by atoms with Gasteiger partial charge in [0.25, 0.3) is 0 Å². The lowest BCUT2D eigenvalue weighted by Gasteiger charge is -2.02. The molecule has 0 aliphatic carbocycles. The molecule has 18 heavy (non-hydrogen) atoms. The Morgan fingerprint density at radius 1 is 1.22 bits per heavy atom. The zero-order valence-electron chi connectivity index (χ0n) is 8.80. The molecule has 0 saturated carbocycles. The van der Waals surface area contributed by atoms with Crippen LogP contribution in [0.2, 0.25) is 0 Å². The van der Waals surface area contributed by atoms with Crippen molar-refractivity contribution in [2.75, 3.05) is 5.32 Å². The van der Waals surface area contributed by atoms with E-state index in [4.69, 9.17) is 5.11 Å². The van der Waals surface area contributed by atoms with Crippen LogP contribution in [0.4, 0.5) is 10.6 Å². The summed E-state index contributed by atoms with van der Waals surface area (Å²) in [6.07, 6.45) is -1.27. The van der Waals surface area contributed by atoms with E-state index in [0.717, 1.165) is 0 Å². The van der Waals surface area contributed by atoms with Crippen LogP contribution in [-0.2, 0) is 0 Å². The summed E-state index contributed by atoms with van der Waals surface area (Å²) >= 11 is 0. The Morgan fingerprint density at radius 3 is 2.67 bits per heavy atom. The van der Waals surface area contributed by atoms with Crippen molar-refractivity contribution in [2.45, 2.75) is 0 Å². The van der Waals surface area contributed by atoms with Gasteiger partial charge in [0.15, 0.2) is 5.82 Å². The van der Waals surface area contributed by atoms with Gasteiger partial charge < -0.3 is 5.11 Å². The van der Waals surface area contributed by atoms with E-state index in [9.17, 15) is 14.4 Å². The number of rotatable bonds is 2. The number of aromatic nitrogens is 4. The number of carboxylic acid groups (broad SMARTS) is 1. The topological polar surface area (TPSA) is 141 Å². The summed E-state index contributed by atoms with van der Waals surface area (Å²) in [5, 5.41) is 10.6. The molecule has 0 spiro atoms. The lowest BCUT2D eigenvalue weighted by atomic mass is 10.3. The normalized spacial score (nSPS) is 10.0. The second-order valence-corrected chi connectivity index (χ2v) is 3.18. The summed E-state index contributed by atoms with van der Waals surface area (Å²) in [6.45, 7) is 0. The summed E-state index contributed by atoms with van der Waals surface area (Å²) in [6, 6.07) is 4.41. The second kappa shape index (κ2) is 4.49. The summed E-state index contributed by atoms with van der Waals surface area (Å²) in [7, 11) is 0. The van der Waals surface area contributed by atoms with Crippen molar-refractivity contribution in [1.82, 2.24) is 19.9 Å². The molecule has 0 unspecified atom stereocenters. The molecule has 1 amide bonds. The van der Waals surface area contributed by atoms with Gasteiger partial charge in [0.2, 0.25) is 0 Å². The molecule has 0 atom stereocenters. The highest BCUT2D eigenvalue weighted by Gasteiger charge is 2.06. The minimum Gasteiger partial charge on any atom is -0.465 e. The number of amides is 1. The van der Waals surface area contributed by atoms with Crippen molar-refractivity contribution in [3.05, 3.63) is 39.2 Å². The van der Waals surface area contributed by atoms with Crippen molar-refractivity contribution in [3.8, 4) is 11.5 Å². The molecular formula is C9H7N5O4. The first-order chi connectivity index (χ1) is 8.54. The van der Waals surface area contributed by atoms with Crippen molar-refractivity contribution in [2.24, 2.45) is 0 Å². The number of aromatic amines is 2. The van der Waals surface area contributed by atoms with Gasteiger partial charge in [-0.25, -0.2) is 19.4 Å². The Morgan fingerprint density at radius 2 is 2.00 bits per heavy atom. The highest BCUT2D eigenvalue weighted by Crippen LogP contribution is 2.12. The van der Waals surface area contributed by atoms with Gasteiger partial charge >= 0.3 is 17.5 Å². The van der Waals surface area contributed by atoms with Gasteiger partial charge in [0.1, 0.15) is 11.5 Å². The van der Waals surface area contributed by atoms with Crippen LogP contribution in [0, 0.1) is 0 Å². The fourth-order valence-electron chi connectivity index (χ4n) is 1.26. The quantitative estimate of drug-likeness (QED) is 0.571. The van der Waals surface area contributed by atoms with Crippen LogP contribution in [0.3, 0.4) is 0 Å². The predicted molar refractivity (Wildman–Crippen MR) is 60.4 cm³/mol. The number of pyridine rings is 1. The lowest BCUT2D eigenvalue weighted by molar-refractivity contribution is 0.209. The van der Waals surface area contributed by atoms with E-state index in [2.05, 4.69) is 15.0 Å². The first-order valence-electron chi connectivity index (χ1n) is 4.72. The maximum Gasteiger partial charge on any atom is 0.410 e. The maximum absolute atomic E-state index is 11.1. The number of hydrogen-bond acceptors (Lipinski definition) is 5. The van der Waals surface area contributed by atoms with E-state index in [1.54, 1.807) is 0 Å². The molecular weight excluding hydrogens is 242 g/mol. The smallest absolute Gasteiger partial charge is 0.410 e. The predicted octanol–water partition coefficient (Wildman–Crippen LogP) is -0.390. The molecule has 0 saturated heterocycles. The molecule has 0 radical (unpaired) electrons. The van der Waals surface area contributed by atoms with E-state index in [1.807, 2.05) is 10.3 Å². The van der Waals surface area contributed by atoms with Gasteiger partial charge in [-0.1, -0.05) is 6.07 Å². The average Bonchev–Trinajstić information content (AvgIpc) is 2.27. The van der Waals surface area contributed by atoms with E-state index < -0.39 is 17.5 Å². The van der Waals surface area contributed by atoms with Gasteiger partial charge in [-0.3, -0.25) is 15.3 Å². The third kappa shape index (κ3) is 2.58. The first kappa shape index (κ1) is 11.5. The van der Waals surface area contributed by atoms with Crippen molar-refractivity contribution in [1.29, 1.82) is 0 Å². The Labute approximate surface area is 98.6 Å². The Kier molecular flexibility index (Phi) is 2.87. The summed E-state index contributed by atoms with van der Waals surface area (Å²) in [5.41, 5.74) is -1.36. The fraction of sp³-hybridized carbons (Fsp3) is 0. The molecule has 2 rings (SSSR count). The molecule has 0 aromatic carbocycles. The fourth-order valence-corrected chi connectivity index (χ4v) is 1.26. The van der Waals surface area contributed by atoms with Crippen LogP contribution in [0.1, 0.15) is 0 Å². The molecule has 4 N–H and O–H groups in total. The molecule has 0 aliphatic heterocycles. The SMILES string of the molecule is O=C(O)Nc1cccc(-c2nc(=O)[nH]c(=O)[nH]2)n1. The monoisotopic (exact) mass is 249 g/mol. The maximum atomic E-state index is 11.1. The number of carbonyl (C=O) groups is 1. The van der Waals surface area contributed by atoms with Gasteiger partial charge in [-0.15, -0.1) is 0 Å². The standard InChI is InChI=1S/C9H7N5O4/c15-7-12-6(13-8(16)14-7)4-2-1-3-5(10-4)11-9(17)18/h1-3H,(H,10,11)(H,17,18)(H2,12,13,14,15,16). The first-order valence-corrected chi connectivity index (χ1v) is 4.72. The number of hydrogen-bond donors (Lipinski definition) is 4. The van der Waals surface area contributed by atoms with E-state index in [-0.39, 0.29) is 17.3 Å². The Balaban J connectivity index is 2.47. The van der Waals surface area contributed by atoms with Gasteiger partial charge in [0.05, 0.1) is 0 Å². The van der Waals surface area contributed by atoms with Crippen LogP contribution in [-0.4, -0.2) is 31.1 Å². The van der Waals surface area contributed by atoms with Gasteiger partial charge in [-0.2, -0.15) is 4.98 Å². The van der Waals surface area contributed by atoms with Crippen LogP contribution in [0.25, 0.3) is 11.5 Å². The minimum absolute atomic E-state index is 0.0437. The number of anilines is 1. The molecule has 2 aromatic rings. The van der Waals surface area contributed by atoms with Crippen molar-refractivity contribution in [3.63, 3.8) is 0 Å². The third-order valence-corrected chi connectivity index (χ3v) is 1.89. The van der Waals surface area contributed by atoms with E-state index in [0.29, 0.717) is 0 Å². The lowest BCUT2D eigenvalue weighted by Crippen LogP contribution is -2.25. The van der Waals surface area contributed by atoms with Crippen LogP contribution in [0.5, 0.6) is 0 Å². The zero-order chi connectivity index (χ0) is 13.1. The number of H-pyrrole nitrogens is 2. The summed E-state index contributed by atoms with van der Waals surface area (Å²) in [5.74, 6) is 0.0146. The highest BCUT2D eigenvalue weighted by molar-refractivity contribution is 5.81. The molecule has 2 aromatic heterocycles. The molecule has 0 aliphatic rings. The van der Waals surface area contributed by atoms with Crippen LogP contribution in [0.15, 0.2) is 27.8 Å². The molecule has 92 valence electrons. The largest absolute Gasteiger partial charge is 0.465 e. The average molecular weight is 249 g/mol. The van der Waals surface area contributed by atoms with Crippen molar-refractivity contribution < 1.29 is 9.90 Å². The second-order valence-electron chi connectivity index (χ2n) is 3.18. The number of nitrogens with zero attached hydrogens (tertiary/aromatic N) is 2.